The zero-order valence-corrected chi connectivity index (χ0v) is 25.1. The molecule has 0 aliphatic heterocycles. The van der Waals surface area contributed by atoms with Gasteiger partial charge in [0.15, 0.2) is 21.4 Å². The van der Waals surface area contributed by atoms with Gasteiger partial charge in [-0.25, -0.2) is 17.6 Å². The Morgan fingerprint density at radius 2 is 1.80 bits per heavy atom. The Morgan fingerprint density at radius 1 is 1.12 bits per heavy atom. The van der Waals surface area contributed by atoms with E-state index in [1.54, 1.807) is 20.8 Å². The van der Waals surface area contributed by atoms with Crippen LogP contribution >= 0.6 is 0 Å². The van der Waals surface area contributed by atoms with Gasteiger partial charge in [0, 0.05) is 0 Å². The van der Waals surface area contributed by atoms with Crippen LogP contribution in [0, 0.1) is 30.5 Å². The van der Waals surface area contributed by atoms with Crippen LogP contribution in [0.5, 0.6) is 5.75 Å². The molecule has 2 aliphatic rings. The molecule has 0 aromatic heterocycles. The van der Waals surface area contributed by atoms with E-state index >= 15 is 0 Å². The van der Waals surface area contributed by atoms with E-state index in [0.29, 0.717) is 42.7 Å². The highest BCUT2D eigenvalue weighted by Gasteiger charge is 2.39. The number of hydrogen-bond donors (Lipinski definition) is 1. The number of aryl methyl sites for hydroxylation is 3. The number of fused-ring (bicyclic) bond motifs is 1. The van der Waals surface area contributed by atoms with Crippen LogP contribution in [0.3, 0.4) is 0 Å². The van der Waals surface area contributed by atoms with Crippen molar-refractivity contribution in [1.29, 1.82) is 0 Å². The Hall–Kier alpha value is -2.81. The number of ether oxygens (including phenoxy) is 1. The number of carbonyl (C=O) groups is 1. The van der Waals surface area contributed by atoms with Crippen molar-refractivity contribution < 1.29 is 36.2 Å². The molecule has 0 amide bonds. The van der Waals surface area contributed by atoms with Crippen molar-refractivity contribution in [3.63, 3.8) is 0 Å². The van der Waals surface area contributed by atoms with Gasteiger partial charge in [0.25, 0.3) is 0 Å². The maximum atomic E-state index is 14.9. The zero-order valence-electron chi connectivity index (χ0n) is 24.3. The normalized spacial score (nSPS) is 18.7. The van der Waals surface area contributed by atoms with E-state index in [1.165, 1.54) is 6.07 Å². The van der Waals surface area contributed by atoms with Gasteiger partial charge in [0.2, 0.25) is 0 Å². The number of carboxylic acids is 1. The van der Waals surface area contributed by atoms with Gasteiger partial charge in [-0.15, -0.1) is 0 Å². The van der Waals surface area contributed by atoms with Crippen LogP contribution in [0.1, 0.15) is 81.2 Å². The second-order valence-corrected chi connectivity index (χ2v) is 15.3. The molecule has 0 saturated heterocycles. The monoisotopic (exact) mass is 592 g/mol. The molecule has 224 valence electrons. The molecule has 0 radical (unpaired) electrons. The van der Waals surface area contributed by atoms with Crippen LogP contribution in [0.2, 0.25) is 0 Å². The molecule has 41 heavy (non-hydrogen) atoms. The lowest BCUT2D eigenvalue weighted by Gasteiger charge is -2.28. The van der Waals surface area contributed by atoms with Crippen molar-refractivity contribution in [3.05, 3.63) is 64.0 Å². The molecule has 0 bridgehead atoms. The molecule has 5 nitrogen and oxygen atoms in total. The maximum absolute atomic E-state index is 14.9. The molecule has 1 N–H and O–H groups in total. The van der Waals surface area contributed by atoms with Crippen molar-refractivity contribution in [2.24, 2.45) is 17.8 Å². The summed E-state index contributed by atoms with van der Waals surface area (Å²) in [5, 5.41) is 10.5. The van der Waals surface area contributed by atoms with Crippen LogP contribution in [-0.2, 0) is 27.5 Å². The molecule has 1 saturated carbocycles. The van der Waals surface area contributed by atoms with Crippen molar-refractivity contribution in [1.82, 2.24) is 0 Å². The lowest BCUT2D eigenvalue weighted by Crippen LogP contribution is -2.30. The zero-order chi connectivity index (χ0) is 30.3. The highest BCUT2D eigenvalue weighted by Crippen LogP contribution is 2.50. The van der Waals surface area contributed by atoms with E-state index in [2.05, 4.69) is 11.7 Å². The molecule has 0 spiro atoms. The Bertz CT molecular complexity index is 1450. The molecule has 2 atom stereocenters. The highest BCUT2D eigenvalue weighted by molar-refractivity contribution is 7.92. The summed E-state index contributed by atoms with van der Waals surface area (Å²) in [5.74, 6) is -2.24. The SMILES string of the molecule is Cc1cc(C2=C(C(=O)O)c3cc(F)c(OC(F)F)cc3CCC2C(C)C2CC2)ccc1CCCS(=O)(=O)C(C)(C)C. The van der Waals surface area contributed by atoms with Crippen molar-refractivity contribution in [3.8, 4) is 5.75 Å². The van der Waals surface area contributed by atoms with E-state index in [9.17, 15) is 31.5 Å². The Kier molecular flexibility index (Phi) is 8.98. The summed E-state index contributed by atoms with van der Waals surface area (Å²) in [6.07, 6.45) is 4.15. The summed E-state index contributed by atoms with van der Waals surface area (Å²) >= 11 is 0. The fourth-order valence-electron chi connectivity index (χ4n) is 5.98. The van der Waals surface area contributed by atoms with Crippen molar-refractivity contribution >= 4 is 27.0 Å². The third-order valence-corrected chi connectivity index (χ3v) is 11.4. The molecule has 9 heteroatoms. The number of hydrogen-bond acceptors (Lipinski definition) is 4. The molecular weight excluding hydrogens is 553 g/mol. The predicted octanol–water partition coefficient (Wildman–Crippen LogP) is 7.49. The number of sulfone groups is 1. The van der Waals surface area contributed by atoms with Crippen LogP contribution in [0.15, 0.2) is 30.3 Å². The summed E-state index contributed by atoms with van der Waals surface area (Å²) in [4.78, 5) is 12.9. The van der Waals surface area contributed by atoms with Gasteiger partial charge in [0.1, 0.15) is 0 Å². The van der Waals surface area contributed by atoms with Gasteiger partial charge in [-0.2, -0.15) is 8.78 Å². The van der Waals surface area contributed by atoms with E-state index < -0.39 is 38.7 Å². The Balaban J connectivity index is 1.78. The summed E-state index contributed by atoms with van der Waals surface area (Å²) in [6.45, 7) is 5.93. The smallest absolute Gasteiger partial charge is 0.387 e. The van der Waals surface area contributed by atoms with E-state index in [0.717, 1.165) is 35.6 Å². The first-order chi connectivity index (χ1) is 19.1. The van der Waals surface area contributed by atoms with Crippen LogP contribution in [0.25, 0.3) is 11.1 Å². The Labute approximate surface area is 240 Å². The van der Waals surface area contributed by atoms with E-state index in [1.807, 2.05) is 25.1 Å². The number of aliphatic carboxylic acids is 1. The average Bonchev–Trinajstić information content (AvgIpc) is 3.71. The predicted molar refractivity (Wildman–Crippen MR) is 154 cm³/mol. The second kappa shape index (κ2) is 11.8. The summed E-state index contributed by atoms with van der Waals surface area (Å²) in [6, 6.07) is 7.96. The quantitative estimate of drug-likeness (QED) is 0.309. The third kappa shape index (κ3) is 6.82. The van der Waals surface area contributed by atoms with E-state index in [-0.39, 0.29) is 28.7 Å². The first-order valence-corrected chi connectivity index (χ1v) is 15.8. The number of alkyl halides is 2. The highest BCUT2D eigenvalue weighted by atomic mass is 32.2. The summed E-state index contributed by atoms with van der Waals surface area (Å²) in [7, 11) is -3.24. The fraction of sp³-hybridized carbons (Fsp3) is 0.531. The molecule has 1 fully saturated rings. The molecule has 2 aliphatic carbocycles. The number of rotatable bonds is 10. The molecule has 4 rings (SSSR count). The number of benzene rings is 2. The first-order valence-electron chi connectivity index (χ1n) is 14.2. The third-order valence-electron chi connectivity index (χ3n) is 8.67. The van der Waals surface area contributed by atoms with Gasteiger partial charge < -0.3 is 9.84 Å². The minimum atomic E-state index is -3.24. The maximum Gasteiger partial charge on any atom is 0.387 e. The van der Waals surface area contributed by atoms with Gasteiger partial charge >= 0.3 is 12.6 Å². The fourth-order valence-corrected chi connectivity index (χ4v) is 7.11. The van der Waals surface area contributed by atoms with Crippen molar-refractivity contribution in [2.75, 3.05) is 5.75 Å². The van der Waals surface area contributed by atoms with Gasteiger partial charge in [-0.05, 0) is 129 Å². The number of allylic oxidation sites excluding steroid dienone is 1. The minimum absolute atomic E-state index is 0.0130. The molecular formula is C32H39F3O5S. The summed E-state index contributed by atoms with van der Waals surface area (Å²) < 4.78 is 69.4. The topological polar surface area (TPSA) is 80.7 Å². The van der Waals surface area contributed by atoms with Crippen LogP contribution in [0.4, 0.5) is 13.2 Å². The van der Waals surface area contributed by atoms with Crippen LogP contribution in [-0.4, -0.2) is 36.6 Å². The average molecular weight is 593 g/mol. The van der Waals surface area contributed by atoms with Gasteiger partial charge in [-0.1, -0.05) is 25.1 Å². The minimum Gasteiger partial charge on any atom is -0.478 e. The van der Waals surface area contributed by atoms with Gasteiger partial charge in [0.05, 0.1) is 16.1 Å². The number of carboxylic acid groups (broad SMARTS) is 1. The lowest BCUT2D eigenvalue weighted by atomic mass is 9.76. The molecule has 2 unspecified atom stereocenters. The molecule has 2 aromatic rings. The number of halogens is 3. The molecule has 2 aromatic carbocycles. The van der Waals surface area contributed by atoms with E-state index in [4.69, 9.17) is 0 Å². The lowest BCUT2D eigenvalue weighted by molar-refractivity contribution is -0.130. The summed E-state index contributed by atoms with van der Waals surface area (Å²) in [5.41, 5.74) is 3.90. The largest absolute Gasteiger partial charge is 0.478 e. The van der Waals surface area contributed by atoms with Crippen molar-refractivity contribution in [2.45, 2.75) is 84.5 Å². The first kappa shape index (κ1) is 31.1. The standard InChI is InChI=1S/C32H39F3O5S/c1-18-15-23(11-8-20(18)7-6-14-41(38,39)32(3,4)5)28-24(19(2)21-9-10-21)13-12-22-16-27(40-31(34)35)26(33)17-25(22)29(28)30(36)37/h8,11,15-17,19,21,24,31H,6-7,9-10,12-14H2,1-5H3,(H,36,37). The Morgan fingerprint density at radius 3 is 2.37 bits per heavy atom. The van der Waals surface area contributed by atoms with Gasteiger partial charge in [-0.3, -0.25) is 0 Å². The molecule has 0 heterocycles. The van der Waals surface area contributed by atoms with Crippen LogP contribution < -0.4 is 4.74 Å². The second-order valence-electron chi connectivity index (χ2n) is 12.4.